The number of aryl methyl sites for hydroxylation is 1. The van der Waals surface area contributed by atoms with Crippen molar-refractivity contribution in [3.8, 4) is 0 Å². The lowest BCUT2D eigenvalue weighted by molar-refractivity contribution is -0.115. The number of hydrogen-bond donors (Lipinski definition) is 1. The summed E-state index contributed by atoms with van der Waals surface area (Å²) < 4.78 is 0. The van der Waals surface area contributed by atoms with E-state index < -0.39 is 0 Å². The van der Waals surface area contributed by atoms with Gasteiger partial charge in [0, 0.05) is 37.2 Å². The van der Waals surface area contributed by atoms with Crippen molar-refractivity contribution in [1.82, 2.24) is 9.88 Å². The molecule has 6 nitrogen and oxygen atoms in total. The van der Waals surface area contributed by atoms with Gasteiger partial charge in [-0.15, -0.1) is 11.3 Å². The first-order valence-electron chi connectivity index (χ1n) is 9.99. The van der Waals surface area contributed by atoms with Gasteiger partial charge in [0.1, 0.15) is 5.69 Å². The molecule has 0 atom stereocenters. The molecule has 2 aromatic carbocycles. The Morgan fingerprint density at radius 3 is 2.53 bits per heavy atom. The number of benzene rings is 2. The maximum atomic E-state index is 12.8. The molecule has 3 aromatic rings. The maximum absolute atomic E-state index is 12.8. The van der Waals surface area contributed by atoms with Gasteiger partial charge in [0.15, 0.2) is 5.13 Å². The van der Waals surface area contributed by atoms with Gasteiger partial charge in [-0.05, 0) is 30.2 Å². The molecule has 1 fully saturated rings. The van der Waals surface area contributed by atoms with Crippen molar-refractivity contribution in [2.24, 2.45) is 0 Å². The number of carbonyl (C=O) groups excluding carboxylic acids is 2. The average molecular weight is 421 g/mol. The molecular weight excluding hydrogens is 396 g/mol. The van der Waals surface area contributed by atoms with E-state index in [-0.39, 0.29) is 18.2 Å². The Morgan fingerprint density at radius 1 is 1.03 bits per heavy atom. The lowest BCUT2D eigenvalue weighted by Crippen LogP contribution is -2.48. The number of piperazine rings is 1. The summed E-state index contributed by atoms with van der Waals surface area (Å²) >= 11 is 1.28. The largest absolute Gasteiger partial charge is 0.368 e. The van der Waals surface area contributed by atoms with E-state index in [2.05, 4.69) is 46.4 Å². The topological polar surface area (TPSA) is 65.5 Å². The third-order valence-corrected chi connectivity index (χ3v) is 5.87. The zero-order valence-corrected chi connectivity index (χ0v) is 17.7. The molecule has 0 aliphatic carbocycles. The average Bonchev–Trinajstić information content (AvgIpc) is 3.22. The Balaban J connectivity index is 1.31. The van der Waals surface area contributed by atoms with Crippen LogP contribution in [0.2, 0.25) is 0 Å². The Labute approximate surface area is 180 Å². The molecule has 30 heavy (non-hydrogen) atoms. The van der Waals surface area contributed by atoms with Crippen molar-refractivity contribution in [3.63, 3.8) is 0 Å². The number of amides is 2. The molecule has 0 saturated carbocycles. The highest BCUT2D eigenvalue weighted by molar-refractivity contribution is 7.14. The minimum absolute atomic E-state index is 0.0845. The van der Waals surface area contributed by atoms with Gasteiger partial charge in [0.05, 0.1) is 6.42 Å². The number of aromatic nitrogens is 1. The molecule has 0 radical (unpaired) electrons. The van der Waals surface area contributed by atoms with Crippen LogP contribution in [0.15, 0.2) is 60.0 Å². The number of nitrogens with one attached hydrogen (secondary N) is 1. The smallest absolute Gasteiger partial charge is 0.273 e. The zero-order valence-electron chi connectivity index (χ0n) is 16.9. The minimum atomic E-state index is -0.138. The molecule has 1 aliphatic rings. The van der Waals surface area contributed by atoms with Crippen molar-refractivity contribution < 1.29 is 9.59 Å². The van der Waals surface area contributed by atoms with Gasteiger partial charge in [-0.3, -0.25) is 9.59 Å². The second-order valence-electron chi connectivity index (χ2n) is 7.37. The highest BCUT2D eigenvalue weighted by atomic mass is 32.1. The Kier molecular flexibility index (Phi) is 6.09. The zero-order chi connectivity index (χ0) is 20.9. The van der Waals surface area contributed by atoms with E-state index in [1.165, 1.54) is 22.6 Å². The van der Waals surface area contributed by atoms with Crippen LogP contribution in [0.1, 0.15) is 21.6 Å². The first kappa shape index (κ1) is 20.1. The predicted molar refractivity (Wildman–Crippen MR) is 120 cm³/mol. The number of carbonyl (C=O) groups is 2. The fourth-order valence-electron chi connectivity index (χ4n) is 3.53. The first-order valence-corrected chi connectivity index (χ1v) is 10.9. The molecule has 4 rings (SSSR count). The summed E-state index contributed by atoms with van der Waals surface area (Å²) in [5.74, 6) is -0.222. The van der Waals surface area contributed by atoms with E-state index in [0.29, 0.717) is 23.9 Å². The summed E-state index contributed by atoms with van der Waals surface area (Å²) in [6.07, 6.45) is 0.282. The quantitative estimate of drug-likeness (QED) is 0.685. The van der Waals surface area contributed by atoms with Crippen molar-refractivity contribution >= 4 is 34.0 Å². The van der Waals surface area contributed by atoms with Gasteiger partial charge in [-0.1, -0.05) is 42.5 Å². The molecule has 1 aromatic heterocycles. The van der Waals surface area contributed by atoms with Crippen molar-refractivity contribution in [3.05, 3.63) is 76.8 Å². The summed E-state index contributed by atoms with van der Waals surface area (Å²) in [6.45, 7) is 4.97. The molecular formula is C23H24N4O2S. The first-order chi connectivity index (χ1) is 14.6. The Hall–Kier alpha value is -3.19. The fraction of sp³-hybridized carbons (Fsp3) is 0.261. The van der Waals surface area contributed by atoms with E-state index in [4.69, 9.17) is 0 Å². The number of anilines is 2. The number of thiazole rings is 1. The van der Waals surface area contributed by atoms with Crippen molar-refractivity contribution in [2.75, 3.05) is 36.4 Å². The van der Waals surface area contributed by atoms with Gasteiger partial charge < -0.3 is 15.1 Å². The number of rotatable bonds is 5. The van der Waals surface area contributed by atoms with E-state index in [1.54, 1.807) is 5.38 Å². The predicted octanol–water partition coefficient (Wildman–Crippen LogP) is 3.60. The number of hydrogen-bond acceptors (Lipinski definition) is 5. The van der Waals surface area contributed by atoms with Crippen LogP contribution >= 0.6 is 11.3 Å². The third kappa shape index (κ3) is 4.86. The van der Waals surface area contributed by atoms with E-state index in [9.17, 15) is 9.59 Å². The molecule has 0 bridgehead atoms. The second-order valence-corrected chi connectivity index (χ2v) is 8.22. The minimum Gasteiger partial charge on any atom is -0.368 e. The molecule has 0 unspecified atom stereocenters. The molecule has 154 valence electrons. The Bertz CT molecular complexity index is 1030. The lowest BCUT2D eigenvalue weighted by Gasteiger charge is -2.36. The Morgan fingerprint density at radius 2 is 1.80 bits per heavy atom. The van der Waals surface area contributed by atoms with Gasteiger partial charge in [-0.2, -0.15) is 0 Å². The van der Waals surface area contributed by atoms with Gasteiger partial charge in [-0.25, -0.2) is 4.98 Å². The highest BCUT2D eigenvalue weighted by Crippen LogP contribution is 2.21. The standard InChI is InChI=1S/C23H24N4O2S/c1-17-6-5-9-19(14-17)26-10-12-27(13-11-26)22(29)20-16-30-23(24-20)25-21(28)15-18-7-3-2-4-8-18/h2-9,14,16H,10-13,15H2,1H3,(H,24,25,28). The maximum Gasteiger partial charge on any atom is 0.273 e. The van der Waals surface area contributed by atoms with Crippen LogP contribution < -0.4 is 10.2 Å². The highest BCUT2D eigenvalue weighted by Gasteiger charge is 2.24. The molecule has 7 heteroatoms. The summed E-state index contributed by atoms with van der Waals surface area (Å²) in [5.41, 5.74) is 3.75. The van der Waals surface area contributed by atoms with Crippen LogP contribution in [-0.4, -0.2) is 47.9 Å². The van der Waals surface area contributed by atoms with Gasteiger partial charge in [0.25, 0.3) is 5.91 Å². The normalized spacial score (nSPS) is 13.9. The lowest BCUT2D eigenvalue weighted by atomic mass is 10.1. The monoisotopic (exact) mass is 420 g/mol. The molecule has 2 heterocycles. The summed E-state index contributed by atoms with van der Waals surface area (Å²) in [5, 5.41) is 4.96. The third-order valence-electron chi connectivity index (χ3n) is 5.11. The number of nitrogens with zero attached hydrogens (tertiary/aromatic N) is 3. The van der Waals surface area contributed by atoms with Crippen LogP contribution in [0.3, 0.4) is 0 Å². The van der Waals surface area contributed by atoms with E-state index in [0.717, 1.165) is 18.7 Å². The van der Waals surface area contributed by atoms with Crippen LogP contribution in [0.4, 0.5) is 10.8 Å². The summed E-state index contributed by atoms with van der Waals surface area (Å²) in [6, 6.07) is 18.0. The van der Waals surface area contributed by atoms with Gasteiger partial charge >= 0.3 is 0 Å². The van der Waals surface area contributed by atoms with Crippen molar-refractivity contribution in [2.45, 2.75) is 13.3 Å². The fourth-order valence-corrected chi connectivity index (χ4v) is 4.23. The van der Waals surface area contributed by atoms with E-state index in [1.807, 2.05) is 35.2 Å². The van der Waals surface area contributed by atoms with Crippen LogP contribution in [0.5, 0.6) is 0 Å². The molecule has 1 N–H and O–H groups in total. The van der Waals surface area contributed by atoms with Gasteiger partial charge in [0.2, 0.25) is 5.91 Å². The summed E-state index contributed by atoms with van der Waals surface area (Å²) in [7, 11) is 0. The molecule has 1 aliphatic heterocycles. The van der Waals surface area contributed by atoms with Crippen molar-refractivity contribution in [1.29, 1.82) is 0 Å². The van der Waals surface area contributed by atoms with E-state index >= 15 is 0 Å². The van der Waals surface area contributed by atoms with Crippen LogP contribution in [-0.2, 0) is 11.2 Å². The molecule has 1 saturated heterocycles. The van der Waals surface area contributed by atoms with Crippen LogP contribution in [0, 0.1) is 6.92 Å². The molecule has 0 spiro atoms. The second kappa shape index (κ2) is 9.09. The SMILES string of the molecule is Cc1cccc(N2CCN(C(=O)c3csc(NC(=O)Cc4ccccc4)n3)CC2)c1. The molecule has 2 amide bonds. The summed E-state index contributed by atoms with van der Waals surface area (Å²) in [4.78, 5) is 33.5. The van der Waals surface area contributed by atoms with Crippen LogP contribution in [0.25, 0.3) is 0 Å².